The zero-order valence-corrected chi connectivity index (χ0v) is 9.91. The fourth-order valence-electron chi connectivity index (χ4n) is 2.09. The molecule has 92 valence electrons. The number of nitrogens with one attached hydrogen (secondary N) is 2. The average molecular weight is 228 g/mol. The monoisotopic (exact) mass is 228 g/mol. The van der Waals surface area contributed by atoms with Crippen LogP contribution in [0.5, 0.6) is 0 Å². The lowest BCUT2D eigenvalue weighted by atomic mass is 9.82. The Balaban J connectivity index is 2.22. The summed E-state index contributed by atoms with van der Waals surface area (Å²) >= 11 is 0. The summed E-state index contributed by atoms with van der Waals surface area (Å²) in [5, 5.41) is 5.31. The summed E-state index contributed by atoms with van der Waals surface area (Å²) in [4.78, 5) is 22.3. The Morgan fingerprint density at radius 3 is 2.38 bits per heavy atom. The van der Waals surface area contributed by atoms with Gasteiger partial charge in [0.1, 0.15) is 0 Å². The number of hydrogen-bond donors (Lipinski definition) is 2. The summed E-state index contributed by atoms with van der Waals surface area (Å²) in [7, 11) is 3.03. The third kappa shape index (κ3) is 3.72. The number of urea groups is 1. The molecule has 5 nitrogen and oxygen atoms in total. The van der Waals surface area contributed by atoms with E-state index in [0.717, 1.165) is 25.7 Å². The Kier molecular flexibility index (Phi) is 5.08. The molecule has 1 aliphatic rings. The molecule has 2 N–H and O–H groups in total. The highest BCUT2D eigenvalue weighted by molar-refractivity contribution is 5.73. The molecule has 0 radical (unpaired) electrons. The van der Waals surface area contributed by atoms with Gasteiger partial charge in [-0.2, -0.15) is 0 Å². The third-order valence-corrected chi connectivity index (χ3v) is 3.16. The molecule has 1 fully saturated rings. The molecule has 0 spiro atoms. The molecule has 0 unspecified atom stereocenters. The summed E-state index contributed by atoms with van der Waals surface area (Å²) in [5.74, 6) is 0.442. The number of carbonyl (C=O) groups excluding carboxylic acids is 2. The smallest absolute Gasteiger partial charge is 0.314 e. The molecule has 2 amide bonds. The van der Waals surface area contributed by atoms with E-state index in [1.807, 2.05) is 0 Å². The van der Waals surface area contributed by atoms with Gasteiger partial charge in [-0.25, -0.2) is 4.79 Å². The Hall–Kier alpha value is -1.26. The molecule has 0 aromatic heterocycles. The van der Waals surface area contributed by atoms with Crippen LogP contribution in [0.3, 0.4) is 0 Å². The van der Waals surface area contributed by atoms with Crippen molar-refractivity contribution < 1.29 is 14.3 Å². The fourth-order valence-corrected chi connectivity index (χ4v) is 2.09. The van der Waals surface area contributed by atoms with E-state index in [1.165, 1.54) is 7.11 Å². The van der Waals surface area contributed by atoms with E-state index in [2.05, 4.69) is 10.6 Å². The van der Waals surface area contributed by atoms with Crippen molar-refractivity contribution in [2.75, 3.05) is 20.7 Å². The third-order valence-electron chi connectivity index (χ3n) is 3.16. The second-order valence-electron chi connectivity index (χ2n) is 4.20. The highest BCUT2D eigenvalue weighted by Crippen LogP contribution is 2.28. The van der Waals surface area contributed by atoms with Gasteiger partial charge in [-0.05, 0) is 31.6 Å². The van der Waals surface area contributed by atoms with Crippen LogP contribution in [0.4, 0.5) is 4.79 Å². The Morgan fingerprint density at radius 1 is 1.25 bits per heavy atom. The number of amides is 2. The first-order valence-electron chi connectivity index (χ1n) is 5.70. The van der Waals surface area contributed by atoms with Crippen molar-refractivity contribution in [2.24, 2.45) is 11.8 Å². The molecule has 5 heteroatoms. The van der Waals surface area contributed by atoms with Crippen LogP contribution in [0.25, 0.3) is 0 Å². The maximum atomic E-state index is 11.3. The SMILES string of the molecule is CNC(=O)NCC1CCC(C(=O)OC)CC1. The molecule has 1 rings (SSSR count). The highest BCUT2D eigenvalue weighted by atomic mass is 16.5. The van der Waals surface area contributed by atoms with Crippen molar-refractivity contribution in [3.05, 3.63) is 0 Å². The zero-order chi connectivity index (χ0) is 12.0. The molecule has 0 bridgehead atoms. The van der Waals surface area contributed by atoms with Gasteiger partial charge >= 0.3 is 12.0 Å². The fraction of sp³-hybridized carbons (Fsp3) is 0.818. The van der Waals surface area contributed by atoms with Crippen molar-refractivity contribution in [3.8, 4) is 0 Å². The number of rotatable bonds is 3. The minimum absolute atomic E-state index is 0.0567. The molecule has 0 aromatic carbocycles. The Bertz CT molecular complexity index is 248. The van der Waals surface area contributed by atoms with E-state index < -0.39 is 0 Å². The lowest BCUT2D eigenvalue weighted by Crippen LogP contribution is -2.37. The van der Waals surface area contributed by atoms with Crippen LogP contribution in [-0.4, -0.2) is 32.7 Å². The Morgan fingerprint density at radius 2 is 1.88 bits per heavy atom. The summed E-state index contributed by atoms with van der Waals surface area (Å²) in [6.45, 7) is 0.688. The first kappa shape index (κ1) is 12.8. The minimum Gasteiger partial charge on any atom is -0.469 e. The molecular weight excluding hydrogens is 208 g/mol. The second-order valence-corrected chi connectivity index (χ2v) is 4.20. The van der Waals surface area contributed by atoms with E-state index in [-0.39, 0.29) is 17.9 Å². The number of ether oxygens (including phenoxy) is 1. The van der Waals surface area contributed by atoms with Gasteiger partial charge in [0.25, 0.3) is 0 Å². The van der Waals surface area contributed by atoms with Gasteiger partial charge in [0.2, 0.25) is 0 Å². The standard InChI is InChI=1S/C11H20N2O3/c1-12-11(15)13-7-8-3-5-9(6-4-8)10(14)16-2/h8-9H,3-7H2,1-2H3,(H2,12,13,15). The largest absolute Gasteiger partial charge is 0.469 e. The topological polar surface area (TPSA) is 67.4 Å². The molecule has 0 heterocycles. The van der Waals surface area contributed by atoms with Crippen molar-refractivity contribution in [1.82, 2.24) is 10.6 Å². The molecule has 0 atom stereocenters. The van der Waals surface area contributed by atoms with Gasteiger partial charge in [0.15, 0.2) is 0 Å². The van der Waals surface area contributed by atoms with Crippen LogP contribution >= 0.6 is 0 Å². The van der Waals surface area contributed by atoms with Crippen LogP contribution in [0, 0.1) is 11.8 Å². The van der Waals surface area contributed by atoms with Crippen LogP contribution in [0.2, 0.25) is 0 Å². The molecule has 0 aliphatic heterocycles. The lowest BCUT2D eigenvalue weighted by molar-refractivity contribution is -0.146. The quantitative estimate of drug-likeness (QED) is 0.705. The molecule has 0 aromatic rings. The number of carbonyl (C=O) groups is 2. The molecule has 1 aliphatic carbocycles. The van der Waals surface area contributed by atoms with E-state index in [4.69, 9.17) is 4.74 Å². The van der Waals surface area contributed by atoms with Crippen molar-refractivity contribution >= 4 is 12.0 Å². The van der Waals surface area contributed by atoms with E-state index >= 15 is 0 Å². The summed E-state index contributed by atoms with van der Waals surface area (Å²) in [6, 6.07) is -0.143. The van der Waals surface area contributed by atoms with Crippen molar-refractivity contribution in [3.63, 3.8) is 0 Å². The van der Waals surface area contributed by atoms with Crippen LogP contribution in [-0.2, 0) is 9.53 Å². The summed E-state index contributed by atoms with van der Waals surface area (Å²) < 4.78 is 4.72. The highest BCUT2D eigenvalue weighted by Gasteiger charge is 2.26. The van der Waals surface area contributed by atoms with Gasteiger partial charge in [-0.1, -0.05) is 0 Å². The van der Waals surface area contributed by atoms with Crippen LogP contribution in [0.15, 0.2) is 0 Å². The normalized spacial score (nSPS) is 24.6. The predicted octanol–water partition coefficient (Wildman–Crippen LogP) is 0.895. The van der Waals surface area contributed by atoms with E-state index in [0.29, 0.717) is 12.5 Å². The van der Waals surface area contributed by atoms with E-state index in [9.17, 15) is 9.59 Å². The maximum absolute atomic E-state index is 11.3. The van der Waals surface area contributed by atoms with E-state index in [1.54, 1.807) is 7.05 Å². The first-order valence-corrected chi connectivity index (χ1v) is 5.70. The molecule has 1 saturated carbocycles. The van der Waals surface area contributed by atoms with Crippen LogP contribution in [0.1, 0.15) is 25.7 Å². The van der Waals surface area contributed by atoms with Crippen molar-refractivity contribution in [1.29, 1.82) is 0 Å². The molecule has 0 saturated heterocycles. The minimum atomic E-state index is -0.143. The summed E-state index contributed by atoms with van der Waals surface area (Å²) in [6.07, 6.45) is 3.69. The molecular formula is C11H20N2O3. The molecule has 16 heavy (non-hydrogen) atoms. The predicted molar refractivity (Wildman–Crippen MR) is 59.9 cm³/mol. The summed E-state index contributed by atoms with van der Waals surface area (Å²) in [5.41, 5.74) is 0. The second kappa shape index (κ2) is 6.35. The number of esters is 1. The maximum Gasteiger partial charge on any atom is 0.314 e. The number of methoxy groups -OCH3 is 1. The van der Waals surface area contributed by atoms with Crippen molar-refractivity contribution in [2.45, 2.75) is 25.7 Å². The van der Waals surface area contributed by atoms with Gasteiger partial charge in [-0.15, -0.1) is 0 Å². The average Bonchev–Trinajstić information content (AvgIpc) is 2.35. The van der Waals surface area contributed by atoms with Gasteiger partial charge in [0.05, 0.1) is 13.0 Å². The first-order chi connectivity index (χ1) is 7.67. The Labute approximate surface area is 95.9 Å². The zero-order valence-electron chi connectivity index (χ0n) is 9.91. The van der Waals surface area contributed by atoms with Gasteiger partial charge in [-0.3, -0.25) is 4.79 Å². The number of hydrogen-bond acceptors (Lipinski definition) is 3. The van der Waals surface area contributed by atoms with Gasteiger partial charge in [0, 0.05) is 13.6 Å². The van der Waals surface area contributed by atoms with Crippen LogP contribution < -0.4 is 10.6 Å². The van der Waals surface area contributed by atoms with Gasteiger partial charge < -0.3 is 15.4 Å². The lowest BCUT2D eigenvalue weighted by Gasteiger charge is -2.26.